The maximum atomic E-state index is 13.4. The summed E-state index contributed by atoms with van der Waals surface area (Å²) >= 11 is 2.88. The van der Waals surface area contributed by atoms with Crippen LogP contribution in [0.2, 0.25) is 19.6 Å². The van der Waals surface area contributed by atoms with Crippen LogP contribution in [0.5, 0.6) is 0 Å². The SMILES string of the molecule is C=CCOC(=O)C1=C(Sc2nc(C3=CCN(C(=O)OCC=C)[C@H](COC)C3)cs2)[C@H](C)[C@@H]2[C@@H]([C@@H](C)O[Si](C)(C)C)C(=O)N12. The number of β-lactam (4-membered cyclic amide) rings is 1. The Labute approximate surface area is 262 Å². The van der Waals surface area contributed by atoms with Gasteiger partial charge in [0.2, 0.25) is 5.91 Å². The van der Waals surface area contributed by atoms with Gasteiger partial charge in [0.15, 0.2) is 12.7 Å². The number of thiazole rings is 1. The van der Waals surface area contributed by atoms with Gasteiger partial charge in [0.25, 0.3) is 0 Å². The van der Waals surface area contributed by atoms with Gasteiger partial charge in [0.05, 0.1) is 36.4 Å². The lowest BCUT2D eigenvalue weighted by molar-refractivity contribution is -0.163. The topological polar surface area (TPSA) is 108 Å². The molecule has 1 aromatic heterocycles. The van der Waals surface area contributed by atoms with Crippen molar-refractivity contribution >= 4 is 55.0 Å². The van der Waals surface area contributed by atoms with Gasteiger partial charge in [-0.15, -0.1) is 11.3 Å². The van der Waals surface area contributed by atoms with Crippen LogP contribution in [-0.2, 0) is 28.2 Å². The number of methoxy groups -OCH3 is 1. The molecule has 0 aliphatic carbocycles. The third-order valence-corrected chi connectivity index (χ3v) is 10.8. The highest BCUT2D eigenvalue weighted by Crippen LogP contribution is 2.53. The van der Waals surface area contributed by atoms with Crippen LogP contribution in [0.25, 0.3) is 5.57 Å². The summed E-state index contributed by atoms with van der Waals surface area (Å²) in [6, 6.07) is -0.384. The van der Waals surface area contributed by atoms with Crippen molar-refractivity contribution in [1.29, 1.82) is 0 Å². The molecular weight excluding hydrogens is 607 g/mol. The molecule has 0 radical (unpaired) electrons. The number of amides is 2. The van der Waals surface area contributed by atoms with Crippen LogP contribution in [0.3, 0.4) is 0 Å². The molecular formula is C30H41N3O7S2Si. The quantitative estimate of drug-likeness (QED) is 0.122. The van der Waals surface area contributed by atoms with E-state index < -0.39 is 20.4 Å². The second kappa shape index (κ2) is 13.9. The van der Waals surface area contributed by atoms with Gasteiger partial charge < -0.3 is 23.5 Å². The summed E-state index contributed by atoms with van der Waals surface area (Å²) < 4.78 is 23.1. The maximum absolute atomic E-state index is 13.4. The highest BCUT2D eigenvalue weighted by molar-refractivity contribution is 8.04. The van der Waals surface area contributed by atoms with Gasteiger partial charge in [0, 0.05) is 29.9 Å². The Balaban J connectivity index is 1.56. The fourth-order valence-corrected chi connectivity index (χ4v) is 9.18. The average molecular weight is 648 g/mol. The van der Waals surface area contributed by atoms with E-state index in [1.807, 2.05) is 25.3 Å². The van der Waals surface area contributed by atoms with Gasteiger partial charge in [-0.1, -0.05) is 50.1 Å². The summed E-state index contributed by atoms with van der Waals surface area (Å²) in [5, 5.41) is 1.98. The van der Waals surface area contributed by atoms with Crippen LogP contribution in [0.4, 0.5) is 4.79 Å². The molecule has 0 bridgehead atoms. The van der Waals surface area contributed by atoms with E-state index in [0.717, 1.165) is 20.5 Å². The molecule has 0 aromatic carbocycles. The Morgan fingerprint density at radius 2 is 1.93 bits per heavy atom. The molecule has 3 aliphatic heterocycles. The minimum Gasteiger partial charge on any atom is -0.457 e. The molecule has 2 amide bonds. The molecule has 4 heterocycles. The summed E-state index contributed by atoms with van der Waals surface area (Å²) in [6.07, 6.45) is 4.92. The fraction of sp³-hybridized carbons (Fsp3) is 0.533. The van der Waals surface area contributed by atoms with Crippen molar-refractivity contribution in [1.82, 2.24) is 14.8 Å². The molecule has 0 unspecified atom stereocenters. The van der Waals surface area contributed by atoms with Crippen LogP contribution < -0.4 is 0 Å². The standard InChI is InChI=1S/C30H41N3O7S2Si/c1-9-13-38-28(35)25-26(18(3)24-23(27(34)33(24)25)19(4)40-43(6,7)8)42-29-31-22(17-41-29)20-11-12-32(21(15-20)16-37-5)30(36)39-14-10-2/h9-11,17-19,21,23-24H,1-2,12-16H2,3-8H3/t18-,19-,21+,23-,24-/m1/s1. The average Bonchev–Trinajstić information content (AvgIpc) is 3.51. The molecule has 3 aliphatic rings. The van der Waals surface area contributed by atoms with Crippen LogP contribution in [0.1, 0.15) is 26.0 Å². The second-order valence-corrected chi connectivity index (χ2v) is 18.3. The molecule has 1 aromatic rings. The Bertz CT molecular complexity index is 1320. The van der Waals surface area contributed by atoms with Gasteiger partial charge in [-0.05, 0) is 38.6 Å². The van der Waals surface area contributed by atoms with Crippen molar-refractivity contribution in [2.75, 3.05) is 33.5 Å². The lowest BCUT2D eigenvalue weighted by atomic mass is 9.79. The van der Waals surface area contributed by atoms with E-state index in [2.05, 4.69) is 32.8 Å². The molecule has 234 valence electrons. The van der Waals surface area contributed by atoms with Gasteiger partial charge in [-0.25, -0.2) is 14.6 Å². The van der Waals surface area contributed by atoms with Crippen LogP contribution in [-0.4, -0.2) is 92.7 Å². The minimum atomic E-state index is -1.88. The largest absolute Gasteiger partial charge is 0.457 e. The summed E-state index contributed by atoms with van der Waals surface area (Å²) in [4.78, 5) is 48.2. The van der Waals surface area contributed by atoms with Crippen LogP contribution in [0.15, 0.2) is 51.7 Å². The van der Waals surface area contributed by atoms with Crippen molar-refractivity contribution in [3.63, 3.8) is 0 Å². The predicted molar refractivity (Wildman–Crippen MR) is 170 cm³/mol. The third kappa shape index (κ3) is 7.17. The number of hydrogen-bond acceptors (Lipinski definition) is 10. The number of ether oxygens (including phenoxy) is 3. The number of carbonyl (C=O) groups is 3. The number of fused-ring (bicyclic) bond motifs is 1. The Morgan fingerprint density at radius 3 is 2.58 bits per heavy atom. The molecule has 1 saturated heterocycles. The molecule has 0 saturated carbocycles. The molecule has 1 fully saturated rings. The maximum Gasteiger partial charge on any atom is 0.410 e. The molecule has 13 heteroatoms. The van der Waals surface area contributed by atoms with E-state index >= 15 is 0 Å². The molecule has 0 spiro atoms. The minimum absolute atomic E-state index is 0.0519. The van der Waals surface area contributed by atoms with Crippen LogP contribution >= 0.6 is 23.1 Å². The zero-order valence-electron chi connectivity index (χ0n) is 25.7. The number of hydrogen-bond donors (Lipinski definition) is 0. The van der Waals surface area contributed by atoms with Crippen molar-refractivity contribution in [3.05, 3.63) is 53.1 Å². The van der Waals surface area contributed by atoms with E-state index in [1.165, 1.54) is 35.3 Å². The third-order valence-electron chi connectivity index (χ3n) is 7.52. The Kier molecular flexibility index (Phi) is 10.8. The first-order valence-electron chi connectivity index (χ1n) is 14.3. The molecule has 5 atom stereocenters. The van der Waals surface area contributed by atoms with Gasteiger partial charge in [0.1, 0.15) is 18.9 Å². The number of nitrogens with zero attached hydrogens (tertiary/aromatic N) is 3. The highest BCUT2D eigenvalue weighted by Gasteiger charge is 2.61. The first-order valence-corrected chi connectivity index (χ1v) is 19.4. The first kappa shape index (κ1) is 33.2. The van der Waals surface area contributed by atoms with E-state index in [0.29, 0.717) is 19.6 Å². The number of thioether (sulfide) groups is 1. The van der Waals surface area contributed by atoms with Crippen LogP contribution in [0, 0.1) is 11.8 Å². The lowest BCUT2D eigenvalue weighted by Crippen LogP contribution is -2.64. The monoisotopic (exact) mass is 647 g/mol. The van der Waals surface area contributed by atoms with Crippen molar-refractivity contribution in [2.45, 2.75) is 62.4 Å². The summed E-state index contributed by atoms with van der Waals surface area (Å²) in [5.74, 6) is -1.09. The van der Waals surface area contributed by atoms with E-state index in [4.69, 9.17) is 23.6 Å². The fourth-order valence-electron chi connectivity index (χ4n) is 5.81. The lowest BCUT2D eigenvalue weighted by Gasteiger charge is -2.48. The number of rotatable bonds is 13. The number of aromatic nitrogens is 1. The number of esters is 1. The van der Waals surface area contributed by atoms with E-state index in [-0.39, 0.29) is 54.8 Å². The first-order chi connectivity index (χ1) is 20.4. The zero-order chi connectivity index (χ0) is 31.5. The molecule has 4 rings (SSSR count). The smallest absolute Gasteiger partial charge is 0.410 e. The van der Waals surface area contributed by atoms with Gasteiger partial charge in [-0.2, -0.15) is 0 Å². The van der Waals surface area contributed by atoms with Crippen molar-refractivity contribution in [3.8, 4) is 0 Å². The molecule has 0 N–H and O–H groups in total. The summed E-state index contributed by atoms with van der Waals surface area (Å²) in [6.45, 7) is 18.5. The number of carbonyl (C=O) groups excluding carboxylic acids is 3. The van der Waals surface area contributed by atoms with Gasteiger partial charge >= 0.3 is 12.1 Å². The Hall–Kier alpha value is -2.71. The predicted octanol–water partition coefficient (Wildman–Crippen LogP) is 5.32. The summed E-state index contributed by atoms with van der Waals surface area (Å²) in [5.41, 5.74) is 2.10. The summed E-state index contributed by atoms with van der Waals surface area (Å²) in [7, 11) is -0.278. The van der Waals surface area contributed by atoms with E-state index in [1.54, 1.807) is 16.9 Å². The van der Waals surface area contributed by atoms with Gasteiger partial charge in [-0.3, -0.25) is 9.69 Å². The Morgan fingerprint density at radius 1 is 1.23 bits per heavy atom. The van der Waals surface area contributed by atoms with E-state index in [9.17, 15) is 14.4 Å². The zero-order valence-corrected chi connectivity index (χ0v) is 28.3. The molecule has 43 heavy (non-hydrogen) atoms. The molecule has 10 nitrogen and oxygen atoms in total. The highest BCUT2D eigenvalue weighted by atomic mass is 32.2. The second-order valence-electron chi connectivity index (χ2n) is 11.7. The van der Waals surface area contributed by atoms with Crippen molar-refractivity contribution in [2.24, 2.45) is 11.8 Å². The normalized spacial score (nSPS) is 24.2. The van der Waals surface area contributed by atoms with Crippen molar-refractivity contribution < 1.29 is 33.0 Å².